The summed E-state index contributed by atoms with van der Waals surface area (Å²) in [5.41, 5.74) is 4.69. The average Bonchev–Trinajstić information content (AvgIpc) is 3.11. The summed E-state index contributed by atoms with van der Waals surface area (Å²) in [5, 5.41) is 15.6. The third kappa shape index (κ3) is 4.91. The molecule has 10 heteroatoms. The zero-order valence-electron chi connectivity index (χ0n) is 15.9. The van der Waals surface area contributed by atoms with Gasteiger partial charge in [0.25, 0.3) is 15.7 Å². The molecule has 152 valence electrons. The molecule has 0 aromatic heterocycles. The van der Waals surface area contributed by atoms with Crippen molar-refractivity contribution in [1.82, 2.24) is 0 Å². The summed E-state index contributed by atoms with van der Waals surface area (Å²) < 4.78 is 32.7. The minimum atomic E-state index is -4.01. The van der Waals surface area contributed by atoms with Crippen LogP contribution in [0.4, 0.5) is 17.1 Å². The third-order valence-corrected chi connectivity index (χ3v) is 5.71. The Bertz CT molecular complexity index is 1090. The second-order valence-corrected chi connectivity index (χ2v) is 8.16. The van der Waals surface area contributed by atoms with E-state index in [1.165, 1.54) is 36.9 Å². The summed E-state index contributed by atoms with van der Waals surface area (Å²) in [5.74, 6) is 0.577. The van der Waals surface area contributed by atoms with Gasteiger partial charge in [0.1, 0.15) is 11.4 Å². The van der Waals surface area contributed by atoms with Crippen molar-refractivity contribution >= 4 is 32.8 Å². The van der Waals surface area contributed by atoms with Gasteiger partial charge < -0.3 is 4.74 Å². The number of nitrogens with zero attached hydrogens (tertiary/aromatic N) is 2. The van der Waals surface area contributed by atoms with Crippen LogP contribution in [0.25, 0.3) is 0 Å². The summed E-state index contributed by atoms with van der Waals surface area (Å²) in [6, 6.07) is 9.90. The summed E-state index contributed by atoms with van der Waals surface area (Å²) in [7, 11) is -2.51. The van der Waals surface area contributed by atoms with Crippen LogP contribution >= 0.6 is 0 Å². The van der Waals surface area contributed by atoms with Crippen LogP contribution in [0.1, 0.15) is 19.8 Å². The molecule has 0 bridgehead atoms. The normalized spacial score (nSPS) is 15.1. The highest BCUT2D eigenvalue weighted by Crippen LogP contribution is 2.29. The standard InChI is InChI=1S/C19H20N4O5S/c1-13-3-4-15(11-13)20-21-18-10-9-17(12-19(18)23(24)25)29(26,27)22-14-5-7-16(28-2)8-6-14/h5-12,21-22H,3-4H2,1-2H3/b20-15+. The van der Waals surface area contributed by atoms with Crippen LogP contribution in [0.5, 0.6) is 5.75 Å². The van der Waals surface area contributed by atoms with E-state index >= 15 is 0 Å². The summed E-state index contributed by atoms with van der Waals surface area (Å²) in [6.45, 7) is 1.99. The second-order valence-electron chi connectivity index (χ2n) is 6.48. The van der Waals surface area contributed by atoms with Gasteiger partial charge >= 0.3 is 0 Å². The molecule has 0 unspecified atom stereocenters. The maximum atomic E-state index is 12.6. The molecule has 1 aliphatic rings. The summed E-state index contributed by atoms with van der Waals surface area (Å²) in [6.07, 6.45) is 3.57. The Morgan fingerprint density at radius 3 is 2.45 bits per heavy atom. The fourth-order valence-corrected chi connectivity index (χ4v) is 3.85. The molecule has 2 aromatic rings. The zero-order valence-corrected chi connectivity index (χ0v) is 16.7. The SMILES string of the molecule is COc1ccc(NS(=O)(=O)c2ccc(N/N=C3/C=C(C)CC3)c([N+](=O)[O-])c2)cc1. The average molecular weight is 416 g/mol. The highest BCUT2D eigenvalue weighted by atomic mass is 32.2. The van der Waals surface area contributed by atoms with E-state index in [0.29, 0.717) is 11.4 Å². The van der Waals surface area contributed by atoms with Gasteiger partial charge in [-0.1, -0.05) is 5.57 Å². The van der Waals surface area contributed by atoms with E-state index in [1.54, 1.807) is 12.1 Å². The molecule has 0 saturated heterocycles. The molecule has 0 radical (unpaired) electrons. The third-order valence-electron chi connectivity index (χ3n) is 4.33. The lowest BCUT2D eigenvalue weighted by Crippen LogP contribution is -2.13. The van der Waals surface area contributed by atoms with Gasteiger partial charge in [-0.2, -0.15) is 5.10 Å². The number of hydrazone groups is 1. The van der Waals surface area contributed by atoms with Crippen molar-refractivity contribution in [3.8, 4) is 5.75 Å². The smallest absolute Gasteiger partial charge is 0.295 e. The minimum Gasteiger partial charge on any atom is -0.497 e. The number of nitro groups is 1. The molecule has 2 N–H and O–H groups in total. The van der Waals surface area contributed by atoms with Crippen LogP contribution in [0.3, 0.4) is 0 Å². The first-order valence-electron chi connectivity index (χ1n) is 8.73. The van der Waals surface area contributed by atoms with Crippen molar-refractivity contribution in [3.05, 3.63) is 64.2 Å². The second kappa shape index (κ2) is 8.31. The predicted octanol–water partition coefficient (Wildman–Crippen LogP) is 3.91. The van der Waals surface area contributed by atoms with Crippen LogP contribution in [0.15, 0.2) is 64.1 Å². The van der Waals surface area contributed by atoms with Gasteiger partial charge in [0.05, 0.1) is 22.6 Å². The number of sulfonamides is 1. The van der Waals surface area contributed by atoms with Gasteiger partial charge in [-0.3, -0.25) is 20.3 Å². The van der Waals surface area contributed by atoms with E-state index in [-0.39, 0.29) is 16.3 Å². The minimum absolute atomic E-state index is 0.115. The Labute approximate surface area is 168 Å². The van der Waals surface area contributed by atoms with Crippen molar-refractivity contribution in [2.24, 2.45) is 5.10 Å². The molecule has 3 rings (SSSR count). The molecular weight excluding hydrogens is 396 g/mol. The Balaban J connectivity index is 1.85. The first-order chi connectivity index (χ1) is 13.8. The molecule has 1 aliphatic carbocycles. The summed E-state index contributed by atoms with van der Waals surface area (Å²) >= 11 is 0. The maximum absolute atomic E-state index is 12.6. The number of nitrogens with one attached hydrogen (secondary N) is 2. The Hall–Kier alpha value is -3.40. The highest BCUT2D eigenvalue weighted by Gasteiger charge is 2.22. The number of rotatable bonds is 7. The van der Waals surface area contributed by atoms with Crippen LogP contribution in [0.2, 0.25) is 0 Å². The number of anilines is 2. The molecular formula is C19H20N4O5S. The lowest BCUT2D eigenvalue weighted by atomic mass is 10.3. The zero-order chi connectivity index (χ0) is 21.0. The van der Waals surface area contributed by atoms with Gasteiger partial charge in [-0.25, -0.2) is 8.42 Å². The van der Waals surface area contributed by atoms with Gasteiger partial charge in [0, 0.05) is 11.8 Å². The highest BCUT2D eigenvalue weighted by molar-refractivity contribution is 7.92. The largest absolute Gasteiger partial charge is 0.497 e. The molecule has 0 fully saturated rings. The Morgan fingerprint density at radius 2 is 1.86 bits per heavy atom. The van der Waals surface area contributed by atoms with Crippen molar-refractivity contribution in [3.63, 3.8) is 0 Å². The maximum Gasteiger partial charge on any atom is 0.295 e. The van der Waals surface area contributed by atoms with Crippen molar-refractivity contribution in [1.29, 1.82) is 0 Å². The van der Waals surface area contributed by atoms with Gasteiger partial charge in [0.15, 0.2) is 0 Å². The van der Waals surface area contributed by atoms with Crippen LogP contribution < -0.4 is 14.9 Å². The monoisotopic (exact) mass is 416 g/mol. The number of benzene rings is 2. The quantitative estimate of drug-likeness (QED) is 0.521. The summed E-state index contributed by atoms with van der Waals surface area (Å²) in [4.78, 5) is 10.6. The van der Waals surface area contributed by atoms with Crippen LogP contribution in [-0.2, 0) is 10.0 Å². The fourth-order valence-electron chi connectivity index (χ4n) is 2.77. The van der Waals surface area contributed by atoms with E-state index in [0.717, 1.165) is 24.6 Å². The lowest BCUT2D eigenvalue weighted by molar-refractivity contribution is -0.384. The fraction of sp³-hybridized carbons (Fsp3) is 0.211. The molecule has 0 heterocycles. The predicted molar refractivity (Wildman–Crippen MR) is 111 cm³/mol. The molecule has 0 spiro atoms. The molecule has 9 nitrogen and oxygen atoms in total. The van der Waals surface area contributed by atoms with E-state index in [1.807, 2.05) is 13.0 Å². The van der Waals surface area contributed by atoms with Gasteiger partial charge in [-0.05, 0) is 62.2 Å². The number of ether oxygens (including phenoxy) is 1. The first kappa shape index (κ1) is 20.3. The molecule has 0 atom stereocenters. The lowest BCUT2D eigenvalue weighted by Gasteiger charge is -2.10. The number of hydrogen-bond donors (Lipinski definition) is 2. The van der Waals surface area contributed by atoms with Crippen molar-refractivity contribution in [2.75, 3.05) is 17.3 Å². The van der Waals surface area contributed by atoms with E-state index < -0.39 is 14.9 Å². The van der Waals surface area contributed by atoms with Gasteiger partial charge in [0.2, 0.25) is 0 Å². The molecule has 0 aliphatic heterocycles. The molecule has 0 saturated carbocycles. The van der Waals surface area contributed by atoms with Gasteiger partial charge in [-0.15, -0.1) is 0 Å². The van der Waals surface area contributed by atoms with E-state index in [9.17, 15) is 18.5 Å². The Morgan fingerprint density at radius 1 is 1.14 bits per heavy atom. The number of methoxy groups -OCH3 is 1. The first-order valence-corrected chi connectivity index (χ1v) is 10.2. The van der Waals surface area contributed by atoms with E-state index in [2.05, 4.69) is 15.2 Å². The molecule has 29 heavy (non-hydrogen) atoms. The van der Waals surface area contributed by atoms with Crippen molar-refractivity contribution in [2.45, 2.75) is 24.7 Å². The van der Waals surface area contributed by atoms with Crippen LogP contribution in [-0.4, -0.2) is 26.2 Å². The number of hydrogen-bond acceptors (Lipinski definition) is 7. The number of allylic oxidation sites excluding steroid dienone is 2. The van der Waals surface area contributed by atoms with E-state index in [4.69, 9.17) is 4.74 Å². The molecule has 0 amide bonds. The number of nitro benzene ring substituents is 1. The van der Waals surface area contributed by atoms with Crippen molar-refractivity contribution < 1.29 is 18.1 Å². The van der Waals surface area contributed by atoms with Crippen LogP contribution in [0, 0.1) is 10.1 Å². The Kier molecular flexibility index (Phi) is 5.83. The topological polar surface area (TPSA) is 123 Å². The molecule has 2 aromatic carbocycles.